The molecule has 3 nitrogen and oxygen atoms in total. The van der Waals surface area contributed by atoms with Crippen LogP contribution in [-0.2, 0) is 5.33 Å². The Morgan fingerprint density at radius 3 is 2.69 bits per heavy atom. The lowest BCUT2D eigenvalue weighted by atomic mass is 10.1. The lowest BCUT2D eigenvalue weighted by Crippen LogP contribution is -2.15. The van der Waals surface area contributed by atoms with Gasteiger partial charge in [0.15, 0.2) is 5.78 Å². The van der Waals surface area contributed by atoms with E-state index in [1.807, 2.05) is 0 Å². The highest BCUT2D eigenvalue weighted by Crippen LogP contribution is 2.17. The first kappa shape index (κ1) is 11.1. The quantitative estimate of drug-likeness (QED) is 0.628. The molecule has 0 radical (unpaired) electrons. The number of fused-ring (bicyclic) bond motifs is 1. The van der Waals surface area contributed by atoms with E-state index in [2.05, 4.69) is 15.9 Å². The molecule has 0 aliphatic rings. The first-order chi connectivity index (χ1) is 7.65. The lowest BCUT2D eigenvalue weighted by Gasteiger charge is -2.04. The van der Waals surface area contributed by atoms with Gasteiger partial charge in [-0.3, -0.25) is 9.59 Å². The average molecular weight is 281 g/mol. The van der Waals surface area contributed by atoms with Gasteiger partial charge in [0.2, 0.25) is 5.43 Å². The largest absolute Gasteiger partial charge is 0.459 e. The summed E-state index contributed by atoms with van der Waals surface area (Å²) in [6.07, 6.45) is 0. The summed E-state index contributed by atoms with van der Waals surface area (Å²) in [5.74, 6) is 0.116. The second-order valence-corrected chi connectivity index (χ2v) is 3.98. The Bertz CT molecular complexity index is 613. The number of hydrogen-bond donors (Lipinski definition) is 0. The van der Waals surface area contributed by atoms with Gasteiger partial charge in [-0.05, 0) is 19.1 Å². The number of Topliss-reactive ketones (excluding diaryl/α,β-unsaturated/α-hetero) is 1. The highest BCUT2D eigenvalue weighted by atomic mass is 79.9. The van der Waals surface area contributed by atoms with Gasteiger partial charge in [-0.1, -0.05) is 28.1 Å². The molecule has 4 heteroatoms. The molecule has 0 atom stereocenters. The van der Waals surface area contributed by atoms with Crippen LogP contribution in [0.5, 0.6) is 0 Å². The van der Waals surface area contributed by atoms with Crippen molar-refractivity contribution in [3.05, 3.63) is 45.8 Å². The van der Waals surface area contributed by atoms with Crippen LogP contribution in [-0.4, -0.2) is 5.78 Å². The molecule has 2 rings (SSSR count). The fourth-order valence-corrected chi connectivity index (χ4v) is 2.03. The smallest absolute Gasteiger partial charge is 0.203 e. The highest BCUT2D eigenvalue weighted by molar-refractivity contribution is 9.08. The van der Waals surface area contributed by atoms with E-state index in [4.69, 9.17) is 4.42 Å². The van der Waals surface area contributed by atoms with Crippen LogP contribution in [0.25, 0.3) is 11.0 Å². The van der Waals surface area contributed by atoms with E-state index in [0.717, 1.165) is 0 Å². The fourth-order valence-electron chi connectivity index (χ4n) is 1.64. The molecule has 0 N–H and O–H groups in total. The summed E-state index contributed by atoms with van der Waals surface area (Å²) in [6, 6.07) is 6.91. The first-order valence-corrected chi connectivity index (χ1v) is 5.89. The third-order valence-electron chi connectivity index (χ3n) is 2.34. The summed E-state index contributed by atoms with van der Waals surface area (Å²) >= 11 is 3.21. The number of benzene rings is 1. The molecule has 0 saturated heterocycles. The predicted octanol–water partition coefficient (Wildman–Crippen LogP) is 2.89. The summed E-state index contributed by atoms with van der Waals surface area (Å²) in [5, 5.41) is 0.791. The molecule has 82 valence electrons. The summed E-state index contributed by atoms with van der Waals surface area (Å²) < 4.78 is 5.52. The van der Waals surface area contributed by atoms with E-state index in [9.17, 15) is 9.59 Å². The van der Waals surface area contributed by atoms with E-state index < -0.39 is 0 Å². The van der Waals surface area contributed by atoms with E-state index in [-0.39, 0.29) is 16.8 Å². The molecule has 0 saturated carbocycles. The number of rotatable bonds is 2. The average Bonchev–Trinajstić information content (AvgIpc) is 2.28. The van der Waals surface area contributed by atoms with Crippen molar-refractivity contribution >= 4 is 32.7 Å². The number of carbonyl (C=O) groups excluding carboxylic acids is 1. The van der Waals surface area contributed by atoms with Crippen LogP contribution in [0.4, 0.5) is 0 Å². The number of carbonyl (C=O) groups is 1. The Balaban J connectivity index is 2.94. The number of alkyl halides is 1. The molecule has 0 bridgehead atoms. The van der Waals surface area contributed by atoms with Gasteiger partial charge in [0, 0.05) is 0 Å². The molecule has 0 spiro atoms. The third kappa shape index (κ3) is 1.69. The molecule has 0 amide bonds. The monoisotopic (exact) mass is 280 g/mol. The van der Waals surface area contributed by atoms with E-state index in [1.54, 1.807) is 24.3 Å². The Labute approximate surface area is 100 Å². The molecule has 2 aromatic rings. The highest BCUT2D eigenvalue weighted by Gasteiger charge is 2.16. The van der Waals surface area contributed by atoms with Crippen molar-refractivity contribution in [2.45, 2.75) is 12.3 Å². The predicted molar refractivity (Wildman–Crippen MR) is 65.1 cm³/mol. The Morgan fingerprint density at radius 2 is 2.06 bits per heavy atom. The minimum atomic E-state index is -0.269. The van der Waals surface area contributed by atoms with Crippen LogP contribution < -0.4 is 5.43 Å². The van der Waals surface area contributed by atoms with Crippen LogP contribution in [0.15, 0.2) is 33.5 Å². The summed E-state index contributed by atoms with van der Waals surface area (Å²) in [4.78, 5) is 23.5. The Kier molecular flexibility index (Phi) is 2.92. The van der Waals surface area contributed by atoms with Gasteiger partial charge >= 0.3 is 0 Å². The summed E-state index contributed by atoms with van der Waals surface area (Å²) in [5.41, 5.74) is 0.381. The number of halogens is 1. The number of hydrogen-bond acceptors (Lipinski definition) is 3. The SMILES string of the molecule is CC(=O)c1c(CBr)oc2ccccc2c1=O. The topological polar surface area (TPSA) is 47.3 Å². The zero-order chi connectivity index (χ0) is 11.7. The van der Waals surface area contributed by atoms with E-state index >= 15 is 0 Å². The van der Waals surface area contributed by atoms with Gasteiger partial charge in [0.25, 0.3) is 0 Å². The number of ketones is 1. The van der Waals surface area contributed by atoms with Crippen LogP contribution >= 0.6 is 15.9 Å². The molecular weight excluding hydrogens is 272 g/mol. The van der Waals surface area contributed by atoms with Crippen molar-refractivity contribution in [2.75, 3.05) is 0 Å². The molecular formula is C12H9BrO3. The first-order valence-electron chi connectivity index (χ1n) is 4.76. The molecule has 0 aliphatic heterocycles. The van der Waals surface area contributed by atoms with Gasteiger partial charge in [0.1, 0.15) is 16.9 Å². The standard InChI is InChI=1S/C12H9BrO3/c1-7(14)11-10(6-13)16-9-5-3-2-4-8(9)12(11)15/h2-5H,6H2,1H3. The molecule has 1 heterocycles. The van der Waals surface area contributed by atoms with Gasteiger partial charge in [-0.15, -0.1) is 0 Å². The van der Waals surface area contributed by atoms with Gasteiger partial charge in [0.05, 0.1) is 10.7 Å². The molecule has 16 heavy (non-hydrogen) atoms. The zero-order valence-corrected chi connectivity index (χ0v) is 10.2. The van der Waals surface area contributed by atoms with Gasteiger partial charge in [-0.25, -0.2) is 0 Å². The normalized spacial score (nSPS) is 10.6. The van der Waals surface area contributed by atoms with Crippen LogP contribution in [0.2, 0.25) is 0 Å². The van der Waals surface area contributed by atoms with Crippen LogP contribution in [0.3, 0.4) is 0 Å². The van der Waals surface area contributed by atoms with E-state index in [0.29, 0.717) is 22.1 Å². The van der Waals surface area contributed by atoms with Gasteiger partial charge < -0.3 is 4.42 Å². The van der Waals surface area contributed by atoms with E-state index in [1.165, 1.54) is 6.92 Å². The third-order valence-corrected chi connectivity index (χ3v) is 2.85. The Hall–Kier alpha value is -1.42. The lowest BCUT2D eigenvalue weighted by molar-refractivity contribution is 0.101. The minimum Gasteiger partial charge on any atom is -0.459 e. The Morgan fingerprint density at radius 1 is 1.38 bits per heavy atom. The van der Waals surface area contributed by atoms with Gasteiger partial charge in [-0.2, -0.15) is 0 Å². The van der Waals surface area contributed by atoms with Crippen molar-refractivity contribution in [1.82, 2.24) is 0 Å². The van der Waals surface area contributed by atoms with Crippen molar-refractivity contribution in [1.29, 1.82) is 0 Å². The second kappa shape index (κ2) is 4.22. The van der Waals surface area contributed by atoms with Crippen molar-refractivity contribution in [3.63, 3.8) is 0 Å². The molecule has 1 aromatic carbocycles. The minimum absolute atomic E-state index is 0.135. The maximum Gasteiger partial charge on any atom is 0.203 e. The zero-order valence-electron chi connectivity index (χ0n) is 8.62. The second-order valence-electron chi connectivity index (χ2n) is 3.42. The molecule has 0 aliphatic carbocycles. The molecule has 0 fully saturated rings. The number of para-hydroxylation sites is 1. The maximum atomic E-state index is 12.0. The summed E-state index contributed by atoms with van der Waals surface area (Å²) in [7, 11) is 0. The van der Waals surface area contributed by atoms with Crippen molar-refractivity contribution in [2.24, 2.45) is 0 Å². The fraction of sp³-hybridized carbons (Fsp3) is 0.167. The van der Waals surface area contributed by atoms with Crippen molar-refractivity contribution < 1.29 is 9.21 Å². The molecule has 0 unspecified atom stereocenters. The van der Waals surface area contributed by atoms with Crippen LogP contribution in [0, 0.1) is 0 Å². The van der Waals surface area contributed by atoms with Crippen molar-refractivity contribution in [3.8, 4) is 0 Å². The summed E-state index contributed by atoms with van der Waals surface area (Å²) in [6.45, 7) is 1.37. The maximum absolute atomic E-state index is 12.0. The van der Waals surface area contributed by atoms with Crippen LogP contribution in [0.1, 0.15) is 23.0 Å². The molecule has 1 aromatic heterocycles.